The van der Waals surface area contributed by atoms with Crippen molar-refractivity contribution in [2.75, 3.05) is 13.1 Å². The highest BCUT2D eigenvalue weighted by molar-refractivity contribution is 5.85. The minimum atomic E-state index is -1.23. The molecule has 92 valence electrons. The normalized spacial score (nSPS) is 21.7. The van der Waals surface area contributed by atoms with Crippen LogP contribution < -0.4 is 10.6 Å². The molecule has 0 aromatic rings. The number of rotatable bonds is 5. The number of aliphatic carboxylic acids is 1. The molecule has 0 spiro atoms. The van der Waals surface area contributed by atoms with Gasteiger partial charge in [-0.05, 0) is 25.9 Å². The molecule has 1 unspecified atom stereocenters. The maximum absolute atomic E-state index is 11.7. The van der Waals surface area contributed by atoms with Crippen LogP contribution >= 0.6 is 0 Å². The van der Waals surface area contributed by atoms with E-state index >= 15 is 0 Å². The number of carboxylic acid groups (broad SMARTS) is 1. The highest BCUT2D eigenvalue weighted by atomic mass is 16.4. The van der Waals surface area contributed by atoms with Gasteiger partial charge in [-0.1, -0.05) is 6.92 Å². The molecule has 6 nitrogen and oxygen atoms in total. The molecule has 0 aromatic carbocycles. The van der Waals surface area contributed by atoms with Crippen molar-refractivity contribution < 1.29 is 19.8 Å². The van der Waals surface area contributed by atoms with E-state index in [0.717, 1.165) is 13.1 Å². The van der Waals surface area contributed by atoms with Gasteiger partial charge in [-0.2, -0.15) is 0 Å². The number of amides is 1. The lowest BCUT2D eigenvalue weighted by atomic mass is 9.88. The first-order valence-corrected chi connectivity index (χ1v) is 5.35. The summed E-state index contributed by atoms with van der Waals surface area (Å²) >= 11 is 0. The SMILES string of the molecule is CC(C(=O)N[C@H](C(=O)O)[C@@H](C)O)C1CNC1. The average molecular weight is 230 g/mol. The van der Waals surface area contributed by atoms with Crippen LogP contribution in [0, 0.1) is 11.8 Å². The third-order valence-corrected chi connectivity index (χ3v) is 2.98. The molecule has 1 amide bonds. The van der Waals surface area contributed by atoms with Gasteiger partial charge in [0, 0.05) is 5.92 Å². The van der Waals surface area contributed by atoms with Crippen LogP contribution in [0.5, 0.6) is 0 Å². The van der Waals surface area contributed by atoms with Gasteiger partial charge in [0.05, 0.1) is 6.10 Å². The molecule has 1 heterocycles. The molecular formula is C10H18N2O4. The zero-order chi connectivity index (χ0) is 12.3. The first-order chi connectivity index (χ1) is 7.43. The number of nitrogens with one attached hydrogen (secondary N) is 2. The van der Waals surface area contributed by atoms with Crippen molar-refractivity contribution in [3.63, 3.8) is 0 Å². The van der Waals surface area contributed by atoms with Gasteiger partial charge >= 0.3 is 5.97 Å². The van der Waals surface area contributed by atoms with Crippen LogP contribution in [0.1, 0.15) is 13.8 Å². The van der Waals surface area contributed by atoms with Gasteiger partial charge in [-0.25, -0.2) is 4.79 Å². The molecule has 4 N–H and O–H groups in total. The van der Waals surface area contributed by atoms with E-state index in [1.54, 1.807) is 6.92 Å². The lowest BCUT2D eigenvalue weighted by molar-refractivity contribution is -0.145. The number of carboxylic acids is 1. The predicted octanol–water partition coefficient (Wildman–Crippen LogP) is -1.21. The Hall–Kier alpha value is -1.14. The first-order valence-electron chi connectivity index (χ1n) is 5.35. The van der Waals surface area contributed by atoms with E-state index in [2.05, 4.69) is 10.6 Å². The molecule has 0 saturated carbocycles. The number of carbonyl (C=O) groups is 2. The van der Waals surface area contributed by atoms with Gasteiger partial charge in [-0.3, -0.25) is 4.79 Å². The summed E-state index contributed by atoms with van der Waals surface area (Å²) in [6.07, 6.45) is -1.10. The monoisotopic (exact) mass is 230 g/mol. The number of hydrogen-bond donors (Lipinski definition) is 4. The van der Waals surface area contributed by atoms with E-state index in [0.29, 0.717) is 0 Å². The fourth-order valence-corrected chi connectivity index (χ4v) is 1.55. The molecule has 0 radical (unpaired) electrons. The molecule has 1 saturated heterocycles. The maximum atomic E-state index is 11.7. The lowest BCUT2D eigenvalue weighted by Crippen LogP contribution is -2.54. The van der Waals surface area contributed by atoms with Gasteiger partial charge in [0.1, 0.15) is 0 Å². The van der Waals surface area contributed by atoms with Crippen molar-refractivity contribution >= 4 is 11.9 Å². The summed E-state index contributed by atoms with van der Waals surface area (Å²) < 4.78 is 0. The van der Waals surface area contributed by atoms with Gasteiger partial charge in [0.2, 0.25) is 5.91 Å². The van der Waals surface area contributed by atoms with Crippen molar-refractivity contribution in [1.29, 1.82) is 0 Å². The Labute approximate surface area is 94.0 Å². The Morgan fingerprint density at radius 3 is 2.25 bits per heavy atom. The van der Waals surface area contributed by atoms with E-state index in [9.17, 15) is 14.7 Å². The van der Waals surface area contributed by atoms with Crippen molar-refractivity contribution in [3.05, 3.63) is 0 Å². The lowest BCUT2D eigenvalue weighted by Gasteiger charge is -2.32. The van der Waals surface area contributed by atoms with Crippen molar-refractivity contribution in [2.24, 2.45) is 11.8 Å². The van der Waals surface area contributed by atoms with Gasteiger partial charge in [0.25, 0.3) is 0 Å². The summed E-state index contributed by atoms with van der Waals surface area (Å²) in [7, 11) is 0. The van der Waals surface area contributed by atoms with Crippen molar-refractivity contribution in [1.82, 2.24) is 10.6 Å². The molecule has 16 heavy (non-hydrogen) atoms. The molecule has 0 aliphatic carbocycles. The second-order valence-corrected chi connectivity index (χ2v) is 4.27. The fourth-order valence-electron chi connectivity index (χ4n) is 1.55. The highest BCUT2D eigenvalue weighted by Gasteiger charge is 2.32. The summed E-state index contributed by atoms with van der Waals surface area (Å²) in [5.74, 6) is -1.52. The molecule has 0 aromatic heterocycles. The van der Waals surface area contributed by atoms with Crippen molar-refractivity contribution in [3.8, 4) is 0 Å². The van der Waals surface area contributed by atoms with Crippen LogP contribution in [-0.2, 0) is 9.59 Å². The van der Waals surface area contributed by atoms with Crippen LogP contribution in [0.15, 0.2) is 0 Å². The van der Waals surface area contributed by atoms with Crippen LogP contribution in [0.2, 0.25) is 0 Å². The summed E-state index contributed by atoms with van der Waals surface area (Å²) in [5, 5.41) is 23.4. The van der Waals surface area contributed by atoms with Gasteiger partial charge in [-0.15, -0.1) is 0 Å². The number of hydrogen-bond acceptors (Lipinski definition) is 4. The Bertz CT molecular complexity index is 276. The zero-order valence-electron chi connectivity index (χ0n) is 9.43. The summed E-state index contributed by atoms with van der Waals surface area (Å²) in [6.45, 7) is 4.67. The number of aliphatic hydroxyl groups excluding tert-OH is 1. The summed E-state index contributed by atoms with van der Waals surface area (Å²) in [5.41, 5.74) is 0. The summed E-state index contributed by atoms with van der Waals surface area (Å²) in [4.78, 5) is 22.4. The Balaban J connectivity index is 2.50. The molecule has 1 fully saturated rings. The quantitative estimate of drug-likeness (QED) is 0.475. The molecule has 1 aliphatic heterocycles. The largest absolute Gasteiger partial charge is 0.480 e. The average Bonchev–Trinajstić information content (AvgIpc) is 2.09. The molecule has 3 atom stereocenters. The van der Waals surface area contributed by atoms with Crippen LogP contribution in [0.4, 0.5) is 0 Å². The molecular weight excluding hydrogens is 212 g/mol. The zero-order valence-corrected chi connectivity index (χ0v) is 9.43. The fraction of sp³-hybridized carbons (Fsp3) is 0.800. The van der Waals surface area contributed by atoms with Crippen LogP contribution in [-0.4, -0.2) is 47.3 Å². The van der Waals surface area contributed by atoms with E-state index in [4.69, 9.17) is 5.11 Å². The standard InChI is InChI=1S/C10H18N2O4/c1-5(7-3-11-4-7)9(14)12-8(6(2)13)10(15)16/h5-8,11,13H,3-4H2,1-2H3,(H,12,14)(H,15,16)/t5?,6-,8+/m1/s1. The van der Waals surface area contributed by atoms with Crippen molar-refractivity contribution in [2.45, 2.75) is 26.0 Å². The summed E-state index contributed by atoms with van der Waals surface area (Å²) in [6, 6.07) is -1.23. The van der Waals surface area contributed by atoms with E-state index < -0.39 is 18.1 Å². The third kappa shape index (κ3) is 2.93. The van der Waals surface area contributed by atoms with E-state index in [-0.39, 0.29) is 17.7 Å². The minimum absolute atomic E-state index is 0.234. The second-order valence-electron chi connectivity index (χ2n) is 4.27. The first kappa shape index (κ1) is 12.9. The number of carbonyl (C=O) groups excluding carboxylic acids is 1. The number of aliphatic hydroxyl groups is 1. The van der Waals surface area contributed by atoms with E-state index in [1.807, 2.05) is 0 Å². The third-order valence-electron chi connectivity index (χ3n) is 2.98. The molecule has 0 bridgehead atoms. The maximum Gasteiger partial charge on any atom is 0.328 e. The Kier molecular flexibility index (Phi) is 4.26. The van der Waals surface area contributed by atoms with Gasteiger partial charge < -0.3 is 20.8 Å². The topological polar surface area (TPSA) is 98.7 Å². The minimum Gasteiger partial charge on any atom is -0.480 e. The molecule has 6 heteroatoms. The predicted molar refractivity (Wildman–Crippen MR) is 56.8 cm³/mol. The van der Waals surface area contributed by atoms with Crippen LogP contribution in [0.3, 0.4) is 0 Å². The Morgan fingerprint density at radius 1 is 1.38 bits per heavy atom. The van der Waals surface area contributed by atoms with Gasteiger partial charge in [0.15, 0.2) is 6.04 Å². The molecule has 1 aliphatic rings. The van der Waals surface area contributed by atoms with E-state index in [1.165, 1.54) is 6.92 Å². The smallest absolute Gasteiger partial charge is 0.328 e. The Morgan fingerprint density at radius 2 is 1.94 bits per heavy atom. The van der Waals surface area contributed by atoms with Crippen LogP contribution in [0.25, 0.3) is 0 Å². The highest BCUT2D eigenvalue weighted by Crippen LogP contribution is 2.16. The molecule has 1 rings (SSSR count). The second kappa shape index (κ2) is 5.27.